The highest BCUT2D eigenvalue weighted by atomic mass is 35.5. The van der Waals surface area contributed by atoms with Crippen molar-refractivity contribution in [3.8, 4) is 0 Å². The quantitative estimate of drug-likeness (QED) is 0.840. The van der Waals surface area contributed by atoms with Gasteiger partial charge in [-0.2, -0.15) is 0 Å². The number of pyridine rings is 1. The summed E-state index contributed by atoms with van der Waals surface area (Å²) >= 11 is 5.95. The van der Waals surface area contributed by atoms with Gasteiger partial charge in [-0.1, -0.05) is 11.6 Å². The highest BCUT2D eigenvalue weighted by Gasteiger charge is 2.14. The largest absolute Gasteiger partial charge is 0.398 e. The second kappa shape index (κ2) is 5.33. The lowest BCUT2D eigenvalue weighted by atomic mass is 10.0. The number of rotatable bonds is 3. The van der Waals surface area contributed by atoms with Crippen LogP contribution in [0.2, 0.25) is 5.02 Å². The van der Waals surface area contributed by atoms with Crippen molar-refractivity contribution in [3.05, 3.63) is 58.6 Å². The summed E-state index contributed by atoms with van der Waals surface area (Å²) in [4.78, 5) is 3.86. The number of anilines is 1. The van der Waals surface area contributed by atoms with Crippen LogP contribution in [0.15, 0.2) is 36.7 Å². The summed E-state index contributed by atoms with van der Waals surface area (Å²) in [5.74, 6) is -0.431. The Bertz CT molecular complexity index is 562. The van der Waals surface area contributed by atoms with E-state index in [1.54, 1.807) is 12.3 Å². The van der Waals surface area contributed by atoms with E-state index >= 15 is 0 Å². The van der Waals surface area contributed by atoms with Gasteiger partial charge in [-0.3, -0.25) is 4.98 Å². The van der Waals surface area contributed by atoms with E-state index in [2.05, 4.69) is 4.98 Å². The van der Waals surface area contributed by atoms with Crippen LogP contribution in [0.5, 0.6) is 0 Å². The summed E-state index contributed by atoms with van der Waals surface area (Å²) < 4.78 is 13.1. The number of nitrogen functional groups attached to an aromatic ring is 1. The zero-order valence-corrected chi connectivity index (χ0v) is 10.2. The van der Waals surface area contributed by atoms with Gasteiger partial charge in [-0.25, -0.2) is 4.39 Å². The van der Waals surface area contributed by atoms with Crippen LogP contribution in [0, 0.1) is 5.82 Å². The van der Waals surface area contributed by atoms with E-state index in [1.807, 2.05) is 0 Å². The summed E-state index contributed by atoms with van der Waals surface area (Å²) in [5.41, 5.74) is 7.17. The van der Waals surface area contributed by atoms with Crippen LogP contribution < -0.4 is 5.73 Å². The molecule has 1 unspecified atom stereocenters. The van der Waals surface area contributed by atoms with Gasteiger partial charge in [0.1, 0.15) is 5.82 Å². The Morgan fingerprint density at radius 3 is 2.89 bits per heavy atom. The number of benzene rings is 1. The van der Waals surface area contributed by atoms with Crippen LogP contribution in [-0.2, 0) is 6.42 Å². The first-order valence-corrected chi connectivity index (χ1v) is 5.77. The van der Waals surface area contributed by atoms with Crippen LogP contribution in [0.25, 0.3) is 0 Å². The molecule has 0 aliphatic heterocycles. The van der Waals surface area contributed by atoms with Crippen molar-refractivity contribution in [2.45, 2.75) is 12.5 Å². The van der Waals surface area contributed by atoms with Crippen molar-refractivity contribution in [3.63, 3.8) is 0 Å². The van der Waals surface area contributed by atoms with Gasteiger partial charge in [0, 0.05) is 30.1 Å². The molecule has 1 heterocycles. The molecule has 5 heteroatoms. The van der Waals surface area contributed by atoms with Crippen molar-refractivity contribution < 1.29 is 9.50 Å². The van der Waals surface area contributed by atoms with E-state index < -0.39 is 11.9 Å². The zero-order valence-electron chi connectivity index (χ0n) is 9.48. The van der Waals surface area contributed by atoms with Crippen molar-refractivity contribution in [1.82, 2.24) is 4.98 Å². The second-order valence-corrected chi connectivity index (χ2v) is 4.37. The highest BCUT2D eigenvalue weighted by molar-refractivity contribution is 6.31. The van der Waals surface area contributed by atoms with Crippen LogP contribution in [0.3, 0.4) is 0 Å². The zero-order chi connectivity index (χ0) is 13.1. The Labute approximate surface area is 109 Å². The lowest BCUT2D eigenvalue weighted by Crippen LogP contribution is -2.06. The molecule has 0 radical (unpaired) electrons. The Hall–Kier alpha value is -1.65. The van der Waals surface area contributed by atoms with Crippen LogP contribution >= 0.6 is 11.6 Å². The Kier molecular flexibility index (Phi) is 3.79. The smallest absolute Gasteiger partial charge is 0.123 e. The Morgan fingerprint density at radius 2 is 2.17 bits per heavy atom. The third-order valence-corrected chi connectivity index (χ3v) is 3.02. The average Bonchev–Trinajstić information content (AvgIpc) is 2.35. The fourth-order valence-corrected chi connectivity index (χ4v) is 1.92. The highest BCUT2D eigenvalue weighted by Crippen LogP contribution is 2.26. The molecular weight excluding hydrogens is 255 g/mol. The van der Waals surface area contributed by atoms with Crippen molar-refractivity contribution in [2.75, 3.05) is 5.73 Å². The summed E-state index contributed by atoms with van der Waals surface area (Å²) in [5, 5.41) is 10.5. The number of aliphatic hydroxyl groups excluding tert-OH is 1. The maximum absolute atomic E-state index is 13.1. The monoisotopic (exact) mass is 266 g/mol. The van der Waals surface area contributed by atoms with Crippen LogP contribution in [-0.4, -0.2) is 10.1 Å². The maximum atomic E-state index is 13.1. The van der Waals surface area contributed by atoms with E-state index in [0.29, 0.717) is 16.3 Å². The number of aliphatic hydroxyl groups is 1. The topological polar surface area (TPSA) is 59.1 Å². The van der Waals surface area contributed by atoms with E-state index in [-0.39, 0.29) is 6.42 Å². The molecule has 0 saturated heterocycles. The van der Waals surface area contributed by atoms with Gasteiger partial charge in [-0.05, 0) is 29.8 Å². The fourth-order valence-electron chi connectivity index (χ4n) is 1.72. The van der Waals surface area contributed by atoms with Crippen LogP contribution in [0.4, 0.5) is 10.1 Å². The number of nitrogens with two attached hydrogens (primary N) is 1. The molecule has 1 atom stereocenters. The molecule has 3 nitrogen and oxygen atoms in total. The summed E-state index contributed by atoms with van der Waals surface area (Å²) in [6.07, 6.45) is 2.44. The molecule has 0 aliphatic rings. The van der Waals surface area contributed by atoms with Gasteiger partial charge in [0.15, 0.2) is 0 Å². The third kappa shape index (κ3) is 2.78. The predicted molar refractivity (Wildman–Crippen MR) is 68.7 cm³/mol. The minimum Gasteiger partial charge on any atom is -0.398 e. The molecule has 0 fully saturated rings. The molecule has 2 aromatic rings. The lowest BCUT2D eigenvalue weighted by molar-refractivity contribution is 0.179. The van der Waals surface area contributed by atoms with E-state index in [1.165, 1.54) is 24.4 Å². The number of halogens is 2. The van der Waals surface area contributed by atoms with E-state index in [0.717, 1.165) is 5.56 Å². The summed E-state index contributed by atoms with van der Waals surface area (Å²) in [7, 11) is 0. The number of aromatic nitrogens is 1. The molecule has 2 rings (SSSR count). The molecule has 0 saturated carbocycles. The standard InChI is InChI=1S/C13H12ClFN2O/c14-11-7-17-4-3-8(11)5-13(18)10-6-9(15)1-2-12(10)16/h1-4,6-7,13,18H,5,16H2. The molecule has 94 valence electrons. The normalized spacial score (nSPS) is 12.4. The number of hydrogen-bond acceptors (Lipinski definition) is 3. The number of nitrogens with zero attached hydrogens (tertiary/aromatic N) is 1. The first kappa shape index (κ1) is 12.8. The van der Waals surface area contributed by atoms with Crippen LogP contribution in [0.1, 0.15) is 17.2 Å². The van der Waals surface area contributed by atoms with Crippen molar-refractivity contribution in [2.24, 2.45) is 0 Å². The van der Waals surface area contributed by atoms with Gasteiger partial charge < -0.3 is 10.8 Å². The molecule has 1 aromatic carbocycles. The van der Waals surface area contributed by atoms with Gasteiger partial charge in [-0.15, -0.1) is 0 Å². The SMILES string of the molecule is Nc1ccc(F)cc1C(O)Cc1ccncc1Cl. The first-order chi connectivity index (χ1) is 8.58. The van der Waals surface area contributed by atoms with Gasteiger partial charge >= 0.3 is 0 Å². The molecule has 0 spiro atoms. The van der Waals surface area contributed by atoms with Crippen molar-refractivity contribution >= 4 is 17.3 Å². The number of hydrogen-bond donors (Lipinski definition) is 2. The summed E-state index contributed by atoms with van der Waals surface area (Å²) in [6, 6.07) is 5.63. The molecular formula is C13H12ClFN2O. The molecule has 18 heavy (non-hydrogen) atoms. The maximum Gasteiger partial charge on any atom is 0.123 e. The Morgan fingerprint density at radius 1 is 1.39 bits per heavy atom. The average molecular weight is 267 g/mol. The molecule has 0 aliphatic carbocycles. The first-order valence-electron chi connectivity index (χ1n) is 5.39. The predicted octanol–water partition coefficient (Wildman–Crippen LogP) is 2.73. The third-order valence-electron chi connectivity index (χ3n) is 2.68. The molecule has 3 N–H and O–H groups in total. The minimum atomic E-state index is -0.902. The molecule has 1 aromatic heterocycles. The van der Waals surface area contributed by atoms with E-state index in [4.69, 9.17) is 17.3 Å². The molecule has 0 amide bonds. The minimum absolute atomic E-state index is 0.259. The lowest BCUT2D eigenvalue weighted by Gasteiger charge is -2.14. The van der Waals surface area contributed by atoms with Gasteiger partial charge in [0.2, 0.25) is 0 Å². The Balaban J connectivity index is 2.25. The molecule has 0 bridgehead atoms. The van der Waals surface area contributed by atoms with Gasteiger partial charge in [0.05, 0.1) is 11.1 Å². The van der Waals surface area contributed by atoms with Gasteiger partial charge in [0.25, 0.3) is 0 Å². The second-order valence-electron chi connectivity index (χ2n) is 3.96. The fraction of sp³-hybridized carbons (Fsp3) is 0.154. The van der Waals surface area contributed by atoms with Crippen molar-refractivity contribution in [1.29, 1.82) is 0 Å². The van der Waals surface area contributed by atoms with E-state index in [9.17, 15) is 9.50 Å². The summed E-state index contributed by atoms with van der Waals surface area (Å²) in [6.45, 7) is 0.